The van der Waals surface area contributed by atoms with Gasteiger partial charge in [-0.15, -0.1) is 0 Å². The fraction of sp³-hybridized carbons (Fsp3) is 0. The summed E-state index contributed by atoms with van der Waals surface area (Å²) in [6.07, 6.45) is 3.30. The molecule has 3 rings (SSSR count). The summed E-state index contributed by atoms with van der Waals surface area (Å²) in [6.45, 7) is 0. The molecule has 2 heterocycles. The van der Waals surface area contributed by atoms with Gasteiger partial charge in [-0.3, -0.25) is 4.98 Å². The molecule has 0 N–H and O–H groups in total. The fourth-order valence-corrected chi connectivity index (χ4v) is 1.83. The van der Waals surface area contributed by atoms with Gasteiger partial charge in [-0.05, 0) is 30.3 Å². The summed E-state index contributed by atoms with van der Waals surface area (Å²) < 4.78 is 5.80. The molecule has 3 aromatic rings. The third-order valence-electron chi connectivity index (χ3n) is 2.68. The van der Waals surface area contributed by atoms with Crippen LogP contribution in [0.4, 0.5) is 0 Å². The molecule has 0 saturated heterocycles. The molecule has 0 aliphatic carbocycles. The Labute approximate surface area is 109 Å². The van der Waals surface area contributed by atoms with E-state index in [1.807, 2.05) is 36.4 Å². The summed E-state index contributed by atoms with van der Waals surface area (Å²) >= 11 is 0. The maximum atomic E-state index is 8.82. The molecule has 19 heavy (non-hydrogen) atoms. The van der Waals surface area contributed by atoms with Crippen LogP contribution in [0.5, 0.6) is 11.5 Å². The Bertz CT molecular complexity index is 772. The molecular formula is C15H9N3O. The molecule has 0 aliphatic rings. The van der Waals surface area contributed by atoms with Crippen LogP contribution in [0.3, 0.4) is 0 Å². The number of nitriles is 1. The van der Waals surface area contributed by atoms with E-state index in [2.05, 4.69) is 9.97 Å². The van der Waals surface area contributed by atoms with Crippen molar-refractivity contribution in [1.29, 1.82) is 5.26 Å². The van der Waals surface area contributed by atoms with E-state index in [0.717, 1.165) is 10.9 Å². The number of pyridine rings is 2. The highest BCUT2D eigenvalue weighted by Gasteiger charge is 2.04. The van der Waals surface area contributed by atoms with Gasteiger partial charge in [-0.2, -0.15) is 5.26 Å². The first-order chi connectivity index (χ1) is 9.36. The van der Waals surface area contributed by atoms with Gasteiger partial charge in [0.1, 0.15) is 23.3 Å². The predicted octanol–water partition coefficient (Wildman–Crippen LogP) is 3.29. The van der Waals surface area contributed by atoms with Crippen molar-refractivity contribution in [1.82, 2.24) is 9.97 Å². The van der Waals surface area contributed by atoms with E-state index in [1.54, 1.807) is 24.5 Å². The number of hydrogen-bond donors (Lipinski definition) is 0. The van der Waals surface area contributed by atoms with Crippen LogP contribution >= 0.6 is 0 Å². The number of rotatable bonds is 2. The van der Waals surface area contributed by atoms with Crippen molar-refractivity contribution in [3.05, 3.63) is 60.6 Å². The number of benzene rings is 1. The predicted molar refractivity (Wildman–Crippen MR) is 70.8 cm³/mol. The van der Waals surface area contributed by atoms with Crippen LogP contribution in [0, 0.1) is 11.3 Å². The first kappa shape index (κ1) is 11.2. The van der Waals surface area contributed by atoms with E-state index < -0.39 is 0 Å². The van der Waals surface area contributed by atoms with Crippen LogP contribution in [-0.4, -0.2) is 9.97 Å². The van der Waals surface area contributed by atoms with E-state index >= 15 is 0 Å². The quantitative estimate of drug-likeness (QED) is 0.697. The van der Waals surface area contributed by atoms with Gasteiger partial charge in [0, 0.05) is 23.8 Å². The highest BCUT2D eigenvalue weighted by atomic mass is 16.5. The van der Waals surface area contributed by atoms with Gasteiger partial charge in [0.2, 0.25) is 0 Å². The molecule has 1 aromatic carbocycles. The van der Waals surface area contributed by atoms with Crippen molar-refractivity contribution < 1.29 is 4.74 Å². The average Bonchev–Trinajstić information content (AvgIpc) is 2.48. The van der Waals surface area contributed by atoms with E-state index in [1.165, 1.54) is 0 Å². The number of aromatic nitrogens is 2. The lowest BCUT2D eigenvalue weighted by atomic mass is 10.2. The minimum absolute atomic E-state index is 0.330. The van der Waals surface area contributed by atoms with Gasteiger partial charge in [0.25, 0.3) is 0 Å². The SMILES string of the molecule is N#Cc1cc(Oc2cccc3ncccc23)ccn1. The summed E-state index contributed by atoms with van der Waals surface area (Å²) in [5.41, 5.74) is 1.20. The van der Waals surface area contributed by atoms with Gasteiger partial charge >= 0.3 is 0 Å². The molecular weight excluding hydrogens is 238 g/mol. The van der Waals surface area contributed by atoms with E-state index in [9.17, 15) is 0 Å². The molecule has 0 saturated carbocycles. The molecule has 0 aliphatic heterocycles. The number of nitrogens with zero attached hydrogens (tertiary/aromatic N) is 3. The second kappa shape index (κ2) is 4.75. The van der Waals surface area contributed by atoms with Gasteiger partial charge in [0.05, 0.1) is 5.52 Å². The second-order valence-electron chi connectivity index (χ2n) is 3.92. The number of ether oxygens (including phenoxy) is 1. The average molecular weight is 247 g/mol. The molecule has 2 aromatic heterocycles. The smallest absolute Gasteiger partial charge is 0.144 e. The van der Waals surface area contributed by atoms with Crippen LogP contribution in [0.1, 0.15) is 5.69 Å². The van der Waals surface area contributed by atoms with Crippen molar-refractivity contribution in [3.63, 3.8) is 0 Å². The van der Waals surface area contributed by atoms with Crippen molar-refractivity contribution >= 4 is 10.9 Å². The molecule has 0 amide bonds. The highest BCUT2D eigenvalue weighted by Crippen LogP contribution is 2.28. The van der Waals surface area contributed by atoms with Crippen molar-refractivity contribution in [2.45, 2.75) is 0 Å². The summed E-state index contributed by atoms with van der Waals surface area (Å²) in [4.78, 5) is 8.18. The summed E-state index contributed by atoms with van der Waals surface area (Å²) in [5, 5.41) is 9.75. The van der Waals surface area contributed by atoms with Gasteiger partial charge < -0.3 is 4.74 Å². The van der Waals surface area contributed by atoms with Crippen LogP contribution in [0.15, 0.2) is 54.9 Å². The van der Waals surface area contributed by atoms with Crippen molar-refractivity contribution in [3.8, 4) is 17.6 Å². The summed E-state index contributed by atoms with van der Waals surface area (Å²) in [6, 6.07) is 14.8. The zero-order valence-electron chi connectivity index (χ0n) is 9.95. The second-order valence-corrected chi connectivity index (χ2v) is 3.92. The Kier molecular flexibility index (Phi) is 2.79. The zero-order valence-corrected chi connectivity index (χ0v) is 9.95. The molecule has 0 radical (unpaired) electrons. The van der Waals surface area contributed by atoms with Crippen LogP contribution in [-0.2, 0) is 0 Å². The Hall–Kier alpha value is -2.93. The molecule has 4 nitrogen and oxygen atoms in total. The lowest BCUT2D eigenvalue weighted by molar-refractivity contribution is 0.487. The van der Waals surface area contributed by atoms with E-state index in [0.29, 0.717) is 17.2 Å². The third-order valence-corrected chi connectivity index (χ3v) is 2.68. The molecule has 0 atom stereocenters. The lowest BCUT2D eigenvalue weighted by Crippen LogP contribution is -1.89. The Balaban J connectivity index is 2.04. The lowest BCUT2D eigenvalue weighted by Gasteiger charge is -2.08. The first-order valence-electron chi connectivity index (χ1n) is 5.74. The molecule has 0 unspecified atom stereocenters. The minimum Gasteiger partial charge on any atom is -0.457 e. The Morgan fingerprint density at radius 3 is 2.84 bits per heavy atom. The fourth-order valence-electron chi connectivity index (χ4n) is 1.83. The third kappa shape index (κ3) is 2.22. The maximum absolute atomic E-state index is 8.82. The highest BCUT2D eigenvalue weighted by molar-refractivity contribution is 5.85. The minimum atomic E-state index is 0.330. The Morgan fingerprint density at radius 1 is 1.00 bits per heavy atom. The summed E-state index contributed by atoms with van der Waals surface area (Å²) in [5.74, 6) is 1.29. The molecule has 0 fully saturated rings. The molecule has 90 valence electrons. The molecule has 0 bridgehead atoms. The number of hydrogen-bond acceptors (Lipinski definition) is 4. The van der Waals surface area contributed by atoms with Gasteiger partial charge in [-0.1, -0.05) is 6.07 Å². The van der Waals surface area contributed by atoms with Crippen molar-refractivity contribution in [2.75, 3.05) is 0 Å². The standard InChI is InChI=1S/C15H9N3O/c16-10-11-9-12(6-8-17-11)19-15-5-1-4-14-13(15)3-2-7-18-14/h1-9H. The topological polar surface area (TPSA) is 58.8 Å². The van der Waals surface area contributed by atoms with Crippen LogP contribution in [0.2, 0.25) is 0 Å². The Morgan fingerprint density at radius 2 is 1.95 bits per heavy atom. The van der Waals surface area contributed by atoms with Crippen LogP contribution < -0.4 is 4.74 Å². The van der Waals surface area contributed by atoms with E-state index in [-0.39, 0.29) is 0 Å². The number of fused-ring (bicyclic) bond motifs is 1. The zero-order chi connectivity index (χ0) is 13.1. The van der Waals surface area contributed by atoms with Crippen molar-refractivity contribution in [2.24, 2.45) is 0 Å². The summed E-state index contributed by atoms with van der Waals surface area (Å²) in [7, 11) is 0. The normalized spacial score (nSPS) is 10.1. The van der Waals surface area contributed by atoms with Gasteiger partial charge in [0.15, 0.2) is 0 Å². The first-order valence-corrected chi connectivity index (χ1v) is 5.74. The van der Waals surface area contributed by atoms with Crippen LogP contribution in [0.25, 0.3) is 10.9 Å². The molecule has 4 heteroatoms. The van der Waals surface area contributed by atoms with E-state index in [4.69, 9.17) is 10.00 Å². The monoisotopic (exact) mass is 247 g/mol. The maximum Gasteiger partial charge on any atom is 0.144 e. The largest absolute Gasteiger partial charge is 0.457 e. The molecule has 0 spiro atoms. The van der Waals surface area contributed by atoms with Gasteiger partial charge in [-0.25, -0.2) is 4.98 Å².